The first kappa shape index (κ1) is 11.5. The van der Waals surface area contributed by atoms with Crippen molar-refractivity contribution in [2.45, 2.75) is 25.0 Å². The summed E-state index contributed by atoms with van der Waals surface area (Å²) in [4.78, 5) is 11.1. The molecular weight excluding hydrogens is 218 g/mol. The van der Waals surface area contributed by atoms with Gasteiger partial charge in [0.05, 0.1) is 0 Å². The number of hydrogen-bond acceptors (Lipinski definition) is 3. The molecule has 16 heavy (non-hydrogen) atoms. The molecule has 1 unspecified atom stereocenters. The SMILES string of the molecule is CC(=O)c1ccc(NCC2CCCS2)cc1. The Morgan fingerprint density at radius 3 is 2.75 bits per heavy atom. The molecule has 1 aliphatic rings. The first-order chi connectivity index (χ1) is 7.75. The number of carbonyl (C=O) groups excluding carboxylic acids is 1. The molecular formula is C13H17NOS. The number of carbonyl (C=O) groups is 1. The Bertz CT molecular complexity index is 355. The quantitative estimate of drug-likeness (QED) is 0.813. The molecule has 0 bridgehead atoms. The largest absolute Gasteiger partial charge is 0.384 e. The Hall–Kier alpha value is -0.960. The fourth-order valence-electron chi connectivity index (χ4n) is 1.86. The van der Waals surface area contributed by atoms with Gasteiger partial charge in [0.15, 0.2) is 5.78 Å². The van der Waals surface area contributed by atoms with Gasteiger partial charge >= 0.3 is 0 Å². The summed E-state index contributed by atoms with van der Waals surface area (Å²) in [6.45, 7) is 2.63. The summed E-state index contributed by atoms with van der Waals surface area (Å²) in [5, 5.41) is 4.18. The summed E-state index contributed by atoms with van der Waals surface area (Å²) in [6.07, 6.45) is 2.67. The van der Waals surface area contributed by atoms with Crippen LogP contribution < -0.4 is 5.32 Å². The average Bonchev–Trinajstić information content (AvgIpc) is 2.80. The molecule has 3 heteroatoms. The van der Waals surface area contributed by atoms with Gasteiger partial charge in [-0.05, 0) is 49.8 Å². The second-order valence-electron chi connectivity index (χ2n) is 4.15. The number of anilines is 1. The summed E-state index contributed by atoms with van der Waals surface area (Å²) in [7, 11) is 0. The fourth-order valence-corrected chi connectivity index (χ4v) is 3.06. The highest BCUT2D eigenvalue weighted by Crippen LogP contribution is 2.26. The molecule has 1 N–H and O–H groups in total. The van der Waals surface area contributed by atoms with E-state index in [9.17, 15) is 4.79 Å². The van der Waals surface area contributed by atoms with E-state index in [2.05, 4.69) is 17.1 Å². The molecule has 1 fully saturated rings. The van der Waals surface area contributed by atoms with Crippen LogP contribution in [-0.2, 0) is 0 Å². The minimum atomic E-state index is 0.123. The van der Waals surface area contributed by atoms with Crippen LogP contribution >= 0.6 is 11.8 Å². The van der Waals surface area contributed by atoms with Gasteiger partial charge in [-0.15, -0.1) is 0 Å². The zero-order chi connectivity index (χ0) is 11.4. The van der Waals surface area contributed by atoms with E-state index in [4.69, 9.17) is 0 Å². The van der Waals surface area contributed by atoms with Crippen molar-refractivity contribution in [1.82, 2.24) is 0 Å². The van der Waals surface area contributed by atoms with Crippen LogP contribution in [0.2, 0.25) is 0 Å². The van der Waals surface area contributed by atoms with Gasteiger partial charge in [-0.1, -0.05) is 0 Å². The standard InChI is InChI=1S/C13H17NOS/c1-10(15)11-4-6-12(7-5-11)14-9-13-3-2-8-16-13/h4-7,13-14H,2-3,8-9H2,1H3. The number of hydrogen-bond donors (Lipinski definition) is 1. The lowest BCUT2D eigenvalue weighted by molar-refractivity contribution is 0.101. The van der Waals surface area contributed by atoms with Crippen LogP contribution in [-0.4, -0.2) is 23.3 Å². The lowest BCUT2D eigenvalue weighted by atomic mass is 10.1. The van der Waals surface area contributed by atoms with Crippen LogP contribution in [0, 0.1) is 0 Å². The number of rotatable bonds is 4. The third-order valence-corrected chi connectivity index (χ3v) is 4.25. The van der Waals surface area contributed by atoms with Crippen molar-refractivity contribution in [3.8, 4) is 0 Å². The van der Waals surface area contributed by atoms with Gasteiger partial charge in [0, 0.05) is 23.0 Å². The smallest absolute Gasteiger partial charge is 0.159 e. The molecule has 86 valence electrons. The molecule has 1 heterocycles. The van der Waals surface area contributed by atoms with Crippen LogP contribution in [0.15, 0.2) is 24.3 Å². The molecule has 2 nitrogen and oxygen atoms in total. The maximum atomic E-state index is 11.1. The predicted molar refractivity (Wildman–Crippen MR) is 70.4 cm³/mol. The van der Waals surface area contributed by atoms with E-state index in [1.807, 2.05) is 24.3 Å². The van der Waals surface area contributed by atoms with Crippen molar-refractivity contribution in [1.29, 1.82) is 0 Å². The van der Waals surface area contributed by atoms with Crippen molar-refractivity contribution in [3.05, 3.63) is 29.8 Å². The van der Waals surface area contributed by atoms with Gasteiger partial charge in [-0.3, -0.25) is 4.79 Å². The van der Waals surface area contributed by atoms with Crippen molar-refractivity contribution in [2.24, 2.45) is 0 Å². The van der Waals surface area contributed by atoms with Gasteiger partial charge in [0.1, 0.15) is 0 Å². The van der Waals surface area contributed by atoms with E-state index in [-0.39, 0.29) is 5.78 Å². The van der Waals surface area contributed by atoms with E-state index in [1.54, 1.807) is 6.92 Å². The maximum Gasteiger partial charge on any atom is 0.159 e. The minimum absolute atomic E-state index is 0.123. The van der Waals surface area contributed by atoms with Gasteiger partial charge in [0.2, 0.25) is 0 Å². The average molecular weight is 235 g/mol. The van der Waals surface area contributed by atoms with Crippen LogP contribution in [0.25, 0.3) is 0 Å². The monoisotopic (exact) mass is 235 g/mol. The van der Waals surface area contributed by atoms with Crippen LogP contribution in [0.5, 0.6) is 0 Å². The summed E-state index contributed by atoms with van der Waals surface area (Å²) in [6, 6.07) is 7.73. The lowest BCUT2D eigenvalue weighted by Crippen LogP contribution is -2.13. The summed E-state index contributed by atoms with van der Waals surface area (Å²) >= 11 is 2.05. The van der Waals surface area contributed by atoms with Crippen molar-refractivity contribution in [3.63, 3.8) is 0 Å². The highest BCUT2D eigenvalue weighted by Gasteiger charge is 2.14. The second kappa shape index (κ2) is 5.39. The zero-order valence-corrected chi connectivity index (χ0v) is 10.3. The molecule has 2 rings (SSSR count). The maximum absolute atomic E-state index is 11.1. The normalized spacial score (nSPS) is 19.7. The van der Waals surface area contributed by atoms with Crippen LogP contribution in [0.3, 0.4) is 0 Å². The molecule has 0 saturated carbocycles. The first-order valence-corrected chi connectivity index (χ1v) is 6.77. The van der Waals surface area contributed by atoms with E-state index in [1.165, 1.54) is 18.6 Å². The topological polar surface area (TPSA) is 29.1 Å². The summed E-state index contributed by atoms with van der Waals surface area (Å²) < 4.78 is 0. The molecule has 0 amide bonds. The molecule has 0 spiro atoms. The van der Waals surface area contributed by atoms with Crippen molar-refractivity contribution >= 4 is 23.2 Å². The first-order valence-electron chi connectivity index (χ1n) is 5.72. The number of Topliss-reactive ketones (excluding diaryl/α,β-unsaturated/α-hetero) is 1. The Balaban J connectivity index is 1.87. The Kier molecular flexibility index (Phi) is 3.88. The number of nitrogens with one attached hydrogen (secondary N) is 1. The van der Waals surface area contributed by atoms with E-state index < -0.39 is 0 Å². The van der Waals surface area contributed by atoms with E-state index in [0.29, 0.717) is 0 Å². The molecule has 1 aliphatic heterocycles. The summed E-state index contributed by atoms with van der Waals surface area (Å²) in [5.74, 6) is 1.42. The molecule has 0 aromatic heterocycles. The van der Waals surface area contributed by atoms with Crippen LogP contribution in [0.1, 0.15) is 30.1 Å². The molecule has 0 radical (unpaired) electrons. The van der Waals surface area contributed by atoms with Crippen LogP contribution in [0.4, 0.5) is 5.69 Å². The summed E-state index contributed by atoms with van der Waals surface area (Å²) in [5.41, 5.74) is 1.89. The van der Waals surface area contributed by atoms with E-state index >= 15 is 0 Å². The number of benzene rings is 1. The minimum Gasteiger partial charge on any atom is -0.384 e. The Labute approximate surface area is 101 Å². The van der Waals surface area contributed by atoms with E-state index in [0.717, 1.165) is 23.0 Å². The van der Waals surface area contributed by atoms with Crippen molar-refractivity contribution < 1.29 is 4.79 Å². The highest BCUT2D eigenvalue weighted by atomic mass is 32.2. The molecule has 1 aromatic carbocycles. The fraction of sp³-hybridized carbons (Fsp3) is 0.462. The Morgan fingerprint density at radius 2 is 2.19 bits per heavy atom. The third kappa shape index (κ3) is 3.01. The van der Waals surface area contributed by atoms with Gasteiger partial charge in [-0.25, -0.2) is 0 Å². The third-order valence-electron chi connectivity index (χ3n) is 2.85. The zero-order valence-electron chi connectivity index (χ0n) is 9.53. The van der Waals surface area contributed by atoms with Gasteiger partial charge in [-0.2, -0.15) is 11.8 Å². The highest BCUT2D eigenvalue weighted by molar-refractivity contribution is 8.00. The number of thioether (sulfide) groups is 1. The molecule has 0 aliphatic carbocycles. The molecule has 1 saturated heterocycles. The second-order valence-corrected chi connectivity index (χ2v) is 5.56. The molecule has 1 atom stereocenters. The predicted octanol–water partition coefficient (Wildman–Crippen LogP) is 3.20. The van der Waals surface area contributed by atoms with Gasteiger partial charge < -0.3 is 5.32 Å². The van der Waals surface area contributed by atoms with Gasteiger partial charge in [0.25, 0.3) is 0 Å². The number of ketones is 1. The Morgan fingerprint density at radius 1 is 1.44 bits per heavy atom. The molecule has 1 aromatic rings. The lowest BCUT2D eigenvalue weighted by Gasteiger charge is -2.11. The van der Waals surface area contributed by atoms with Crippen molar-refractivity contribution in [2.75, 3.05) is 17.6 Å².